The Kier molecular flexibility index (Phi) is 6.80. The molecule has 0 aromatic heterocycles. The summed E-state index contributed by atoms with van der Waals surface area (Å²) in [6, 6.07) is 6.42. The number of carbonyl (C=O) groups excluding carboxylic acids is 1. The number of benzene rings is 1. The summed E-state index contributed by atoms with van der Waals surface area (Å²) >= 11 is 0. The molecule has 2 rings (SSSR count). The molecule has 0 bridgehead atoms. The Morgan fingerprint density at radius 2 is 1.91 bits per heavy atom. The number of carbonyl (C=O) groups is 1. The molecule has 0 unspecified atom stereocenters. The Bertz CT molecular complexity index is 501. The average molecular weight is 322 g/mol. The summed E-state index contributed by atoms with van der Waals surface area (Å²) in [7, 11) is 4.16. The van der Waals surface area contributed by atoms with Crippen molar-refractivity contribution in [3.8, 4) is 0 Å². The number of hydrogen-bond acceptors (Lipinski definition) is 3. The molecule has 5 nitrogen and oxygen atoms in total. The fraction of sp³-hybridized carbons (Fsp3) is 0.588. The highest BCUT2D eigenvalue weighted by molar-refractivity contribution is 5.74. The lowest BCUT2D eigenvalue weighted by atomic mass is 10.2. The molecule has 0 atom stereocenters. The van der Waals surface area contributed by atoms with Crippen LogP contribution in [-0.4, -0.2) is 74.1 Å². The van der Waals surface area contributed by atoms with E-state index in [9.17, 15) is 9.18 Å². The second kappa shape index (κ2) is 8.84. The van der Waals surface area contributed by atoms with Crippen LogP contribution in [0.5, 0.6) is 0 Å². The van der Waals surface area contributed by atoms with Crippen LogP contribution in [0.3, 0.4) is 0 Å². The van der Waals surface area contributed by atoms with E-state index in [0.29, 0.717) is 5.56 Å². The van der Waals surface area contributed by atoms with Crippen LogP contribution >= 0.6 is 0 Å². The molecule has 1 aromatic rings. The van der Waals surface area contributed by atoms with Gasteiger partial charge in [0.05, 0.1) is 0 Å². The van der Waals surface area contributed by atoms with Crippen LogP contribution < -0.4 is 5.32 Å². The van der Waals surface area contributed by atoms with Crippen LogP contribution in [0.25, 0.3) is 0 Å². The number of nitrogens with one attached hydrogen (secondary N) is 1. The summed E-state index contributed by atoms with van der Waals surface area (Å²) in [5, 5.41) is 2.80. The van der Waals surface area contributed by atoms with E-state index in [0.717, 1.165) is 45.7 Å². The first-order chi connectivity index (χ1) is 11.1. The number of halogens is 1. The van der Waals surface area contributed by atoms with Crippen molar-refractivity contribution in [3.05, 3.63) is 35.6 Å². The van der Waals surface area contributed by atoms with Gasteiger partial charge in [0.2, 0.25) is 0 Å². The van der Waals surface area contributed by atoms with Gasteiger partial charge in [0.15, 0.2) is 0 Å². The van der Waals surface area contributed by atoms with Gasteiger partial charge >= 0.3 is 6.03 Å². The number of hydrogen-bond donors (Lipinski definition) is 1. The quantitative estimate of drug-likeness (QED) is 0.865. The standard InChI is InChI=1S/C17H27FN4O/c1-20(2)8-5-9-21-10-12-22(13-11-21)17(23)19-14-15-6-3-4-7-16(15)18/h3-4,6-7H,5,8-14H2,1-2H3,(H,19,23). The molecular formula is C17H27FN4O. The van der Waals surface area contributed by atoms with Gasteiger partial charge in [-0.2, -0.15) is 0 Å². The zero-order valence-electron chi connectivity index (χ0n) is 14.1. The normalized spacial score (nSPS) is 15.9. The molecule has 1 fully saturated rings. The number of piperazine rings is 1. The van der Waals surface area contributed by atoms with Gasteiger partial charge in [0.1, 0.15) is 5.82 Å². The number of nitrogens with zero attached hydrogens (tertiary/aromatic N) is 3. The minimum Gasteiger partial charge on any atom is -0.334 e. The maximum Gasteiger partial charge on any atom is 0.317 e. The van der Waals surface area contributed by atoms with Gasteiger partial charge in [-0.1, -0.05) is 18.2 Å². The van der Waals surface area contributed by atoms with Crippen molar-refractivity contribution < 1.29 is 9.18 Å². The molecule has 1 N–H and O–H groups in total. The highest BCUT2D eigenvalue weighted by Gasteiger charge is 2.20. The monoisotopic (exact) mass is 322 g/mol. The summed E-state index contributed by atoms with van der Waals surface area (Å²) in [5.41, 5.74) is 0.517. The molecule has 0 saturated carbocycles. The minimum atomic E-state index is -0.279. The largest absolute Gasteiger partial charge is 0.334 e. The smallest absolute Gasteiger partial charge is 0.317 e. The van der Waals surface area contributed by atoms with E-state index < -0.39 is 0 Å². The molecule has 1 heterocycles. The van der Waals surface area contributed by atoms with Crippen LogP contribution in [0.1, 0.15) is 12.0 Å². The molecule has 6 heteroatoms. The van der Waals surface area contributed by atoms with E-state index >= 15 is 0 Å². The molecule has 1 aliphatic rings. The minimum absolute atomic E-state index is 0.110. The van der Waals surface area contributed by atoms with Gasteiger partial charge in [0, 0.05) is 38.3 Å². The molecule has 0 spiro atoms. The highest BCUT2D eigenvalue weighted by Crippen LogP contribution is 2.07. The number of amides is 2. The molecule has 1 aliphatic heterocycles. The predicted molar refractivity (Wildman–Crippen MR) is 89.8 cm³/mol. The summed E-state index contributed by atoms with van der Waals surface area (Å²) in [6.45, 7) is 5.65. The lowest BCUT2D eigenvalue weighted by Gasteiger charge is -2.34. The lowest BCUT2D eigenvalue weighted by molar-refractivity contribution is 0.136. The SMILES string of the molecule is CN(C)CCCN1CCN(C(=O)NCc2ccccc2F)CC1. The molecule has 0 aliphatic carbocycles. The first-order valence-corrected chi connectivity index (χ1v) is 8.19. The Balaban J connectivity index is 1.68. The summed E-state index contributed by atoms with van der Waals surface area (Å²) in [4.78, 5) is 18.5. The molecule has 0 radical (unpaired) electrons. The lowest BCUT2D eigenvalue weighted by Crippen LogP contribution is -2.51. The van der Waals surface area contributed by atoms with Gasteiger partial charge < -0.3 is 15.1 Å². The van der Waals surface area contributed by atoms with Crippen molar-refractivity contribution in [2.24, 2.45) is 0 Å². The molecule has 128 valence electrons. The topological polar surface area (TPSA) is 38.8 Å². The average Bonchev–Trinajstić information content (AvgIpc) is 2.54. The van der Waals surface area contributed by atoms with Crippen LogP contribution in [-0.2, 0) is 6.54 Å². The van der Waals surface area contributed by atoms with Crippen molar-refractivity contribution in [2.45, 2.75) is 13.0 Å². The molecule has 1 saturated heterocycles. The molecule has 23 heavy (non-hydrogen) atoms. The highest BCUT2D eigenvalue weighted by atomic mass is 19.1. The van der Waals surface area contributed by atoms with Gasteiger partial charge in [-0.05, 0) is 39.7 Å². The second-order valence-electron chi connectivity index (χ2n) is 6.24. The Morgan fingerprint density at radius 1 is 1.22 bits per heavy atom. The van der Waals surface area contributed by atoms with E-state index in [-0.39, 0.29) is 18.4 Å². The second-order valence-corrected chi connectivity index (χ2v) is 6.24. The third-order valence-corrected chi connectivity index (χ3v) is 4.13. The van der Waals surface area contributed by atoms with Gasteiger partial charge in [-0.15, -0.1) is 0 Å². The maximum atomic E-state index is 13.5. The van der Waals surface area contributed by atoms with Crippen LogP contribution in [0.2, 0.25) is 0 Å². The number of rotatable bonds is 6. The van der Waals surface area contributed by atoms with Crippen molar-refractivity contribution in [2.75, 3.05) is 53.4 Å². The summed E-state index contributed by atoms with van der Waals surface area (Å²) in [6.07, 6.45) is 1.15. The number of urea groups is 1. The fourth-order valence-electron chi connectivity index (χ4n) is 2.71. The maximum absolute atomic E-state index is 13.5. The predicted octanol–water partition coefficient (Wildman–Crippen LogP) is 1.60. The first kappa shape index (κ1) is 17.7. The van der Waals surface area contributed by atoms with E-state index in [1.165, 1.54) is 6.07 Å². The van der Waals surface area contributed by atoms with Gasteiger partial charge in [-0.3, -0.25) is 4.90 Å². The van der Waals surface area contributed by atoms with Crippen LogP contribution in [0.4, 0.5) is 9.18 Å². The van der Waals surface area contributed by atoms with Crippen molar-refractivity contribution in [3.63, 3.8) is 0 Å². The van der Waals surface area contributed by atoms with Crippen molar-refractivity contribution in [1.82, 2.24) is 20.0 Å². The van der Waals surface area contributed by atoms with Crippen molar-refractivity contribution >= 4 is 6.03 Å². The Morgan fingerprint density at radius 3 is 2.57 bits per heavy atom. The van der Waals surface area contributed by atoms with E-state index in [2.05, 4.69) is 29.2 Å². The first-order valence-electron chi connectivity index (χ1n) is 8.19. The van der Waals surface area contributed by atoms with E-state index in [4.69, 9.17) is 0 Å². The van der Waals surface area contributed by atoms with Crippen LogP contribution in [0.15, 0.2) is 24.3 Å². The fourth-order valence-corrected chi connectivity index (χ4v) is 2.71. The van der Waals surface area contributed by atoms with Gasteiger partial charge in [-0.25, -0.2) is 9.18 Å². The summed E-state index contributed by atoms with van der Waals surface area (Å²) in [5.74, 6) is -0.279. The molecule has 2 amide bonds. The molecule has 1 aromatic carbocycles. The zero-order chi connectivity index (χ0) is 16.7. The van der Waals surface area contributed by atoms with E-state index in [1.807, 2.05) is 4.90 Å². The van der Waals surface area contributed by atoms with E-state index in [1.54, 1.807) is 18.2 Å². The van der Waals surface area contributed by atoms with Crippen LogP contribution in [0, 0.1) is 5.82 Å². The third kappa shape index (κ3) is 5.80. The van der Waals surface area contributed by atoms with Crippen molar-refractivity contribution in [1.29, 1.82) is 0 Å². The molecular weight excluding hydrogens is 295 g/mol. The third-order valence-electron chi connectivity index (χ3n) is 4.13. The Labute approximate surface area is 138 Å². The Hall–Kier alpha value is -1.66. The zero-order valence-corrected chi connectivity index (χ0v) is 14.1. The summed E-state index contributed by atoms with van der Waals surface area (Å²) < 4.78 is 13.5. The van der Waals surface area contributed by atoms with Gasteiger partial charge in [0.25, 0.3) is 0 Å².